The van der Waals surface area contributed by atoms with Crippen molar-refractivity contribution in [2.75, 3.05) is 17.6 Å². The van der Waals surface area contributed by atoms with Crippen molar-refractivity contribution in [3.05, 3.63) is 53.1 Å². The van der Waals surface area contributed by atoms with E-state index in [1.807, 2.05) is 36.5 Å². The zero-order chi connectivity index (χ0) is 12.6. The van der Waals surface area contributed by atoms with Crippen LogP contribution in [0.2, 0.25) is 0 Å². The monoisotopic (exact) mass is 322 g/mol. The van der Waals surface area contributed by atoms with Crippen molar-refractivity contribution in [3.8, 4) is 0 Å². The van der Waals surface area contributed by atoms with Gasteiger partial charge in [0, 0.05) is 28.7 Å². The van der Waals surface area contributed by atoms with Crippen LogP contribution < -0.4 is 5.32 Å². The van der Waals surface area contributed by atoms with Gasteiger partial charge in [0.15, 0.2) is 0 Å². The number of hydrogen-bond donors (Lipinski definition) is 1. The fraction of sp³-hybridized carbons (Fsp3) is 0.214. The average molecular weight is 323 g/mol. The van der Waals surface area contributed by atoms with E-state index >= 15 is 0 Å². The maximum absolute atomic E-state index is 4.33. The van der Waals surface area contributed by atoms with Crippen molar-refractivity contribution in [1.82, 2.24) is 4.98 Å². The number of anilines is 1. The molecule has 2 nitrogen and oxygen atoms in total. The van der Waals surface area contributed by atoms with Gasteiger partial charge >= 0.3 is 0 Å². The van der Waals surface area contributed by atoms with E-state index in [4.69, 9.17) is 0 Å². The highest BCUT2D eigenvalue weighted by Gasteiger charge is 1.96. The lowest BCUT2D eigenvalue weighted by Gasteiger charge is -2.05. The number of nitrogens with zero attached hydrogens (tertiary/aromatic N) is 1. The van der Waals surface area contributed by atoms with Gasteiger partial charge in [0.25, 0.3) is 0 Å². The smallest absolute Gasteiger partial charge is 0.0960 e. The molecule has 0 amide bonds. The summed E-state index contributed by atoms with van der Waals surface area (Å²) >= 11 is 5.17. The maximum atomic E-state index is 4.33. The Morgan fingerprint density at radius 2 is 1.94 bits per heavy atom. The molecule has 1 heterocycles. The quantitative estimate of drug-likeness (QED) is 0.628. The molecule has 2 aromatic rings. The Morgan fingerprint density at radius 3 is 2.67 bits per heavy atom. The van der Waals surface area contributed by atoms with Crippen LogP contribution in [-0.4, -0.2) is 17.3 Å². The average Bonchev–Trinajstić information content (AvgIpc) is 2.42. The molecular formula is C14H15BrN2S. The van der Waals surface area contributed by atoms with E-state index in [1.54, 1.807) is 11.8 Å². The molecule has 1 aromatic heterocycles. The van der Waals surface area contributed by atoms with E-state index in [0.29, 0.717) is 0 Å². The minimum absolute atomic E-state index is 0.994. The molecule has 0 saturated carbocycles. The minimum atomic E-state index is 0.994. The molecule has 0 radical (unpaired) electrons. The first kappa shape index (κ1) is 13.4. The second-order valence-corrected chi connectivity index (χ2v) is 5.84. The van der Waals surface area contributed by atoms with Gasteiger partial charge in [-0.15, -0.1) is 11.8 Å². The van der Waals surface area contributed by atoms with Crippen molar-refractivity contribution in [3.63, 3.8) is 0 Å². The minimum Gasteiger partial charge on any atom is -0.385 e. The van der Waals surface area contributed by atoms with Crippen molar-refractivity contribution in [1.29, 1.82) is 0 Å². The van der Waals surface area contributed by atoms with Gasteiger partial charge in [-0.2, -0.15) is 0 Å². The number of rotatable bonds is 6. The Balaban J connectivity index is 1.63. The standard InChI is InChI=1S/C14H15BrN2S/c15-12-7-8-14(17-11-12)18-10-4-9-16-13-5-2-1-3-6-13/h1-3,5-8,11,16H,4,9-10H2. The number of para-hydroxylation sites is 1. The van der Waals surface area contributed by atoms with Crippen LogP contribution in [0.15, 0.2) is 58.2 Å². The van der Waals surface area contributed by atoms with E-state index < -0.39 is 0 Å². The van der Waals surface area contributed by atoms with Gasteiger partial charge in [0.05, 0.1) is 5.03 Å². The number of benzene rings is 1. The SMILES string of the molecule is Brc1ccc(SCCCNc2ccccc2)nc1. The van der Waals surface area contributed by atoms with Crippen molar-refractivity contribution in [2.45, 2.75) is 11.4 Å². The van der Waals surface area contributed by atoms with E-state index in [9.17, 15) is 0 Å². The number of thioether (sulfide) groups is 1. The van der Waals surface area contributed by atoms with Crippen LogP contribution in [0.3, 0.4) is 0 Å². The summed E-state index contributed by atoms with van der Waals surface area (Å²) in [5.74, 6) is 1.08. The van der Waals surface area contributed by atoms with Gasteiger partial charge in [-0.1, -0.05) is 18.2 Å². The molecule has 0 aliphatic rings. The Morgan fingerprint density at radius 1 is 1.11 bits per heavy atom. The highest BCUT2D eigenvalue weighted by Crippen LogP contribution is 2.18. The topological polar surface area (TPSA) is 24.9 Å². The third-order valence-electron chi connectivity index (χ3n) is 2.37. The molecule has 4 heteroatoms. The second kappa shape index (κ2) is 7.44. The molecule has 0 atom stereocenters. The molecule has 1 N–H and O–H groups in total. The second-order valence-electron chi connectivity index (χ2n) is 3.81. The molecule has 0 saturated heterocycles. The first-order valence-electron chi connectivity index (χ1n) is 5.88. The van der Waals surface area contributed by atoms with Gasteiger partial charge in [0.1, 0.15) is 0 Å². The van der Waals surface area contributed by atoms with Gasteiger partial charge < -0.3 is 5.32 Å². The van der Waals surface area contributed by atoms with E-state index in [1.165, 1.54) is 5.69 Å². The summed E-state index contributed by atoms with van der Waals surface area (Å²) in [6.45, 7) is 0.994. The molecule has 1 aromatic carbocycles. The van der Waals surface area contributed by atoms with E-state index in [2.05, 4.69) is 38.4 Å². The molecule has 94 valence electrons. The van der Waals surface area contributed by atoms with Crippen molar-refractivity contribution < 1.29 is 0 Å². The van der Waals surface area contributed by atoms with Crippen LogP contribution in [0.4, 0.5) is 5.69 Å². The van der Waals surface area contributed by atoms with E-state index in [-0.39, 0.29) is 0 Å². The maximum Gasteiger partial charge on any atom is 0.0960 e. The summed E-state index contributed by atoms with van der Waals surface area (Å²) in [5, 5.41) is 4.48. The van der Waals surface area contributed by atoms with Crippen molar-refractivity contribution in [2.24, 2.45) is 0 Å². The molecule has 0 spiro atoms. The third-order valence-corrected chi connectivity index (χ3v) is 3.87. The van der Waals surface area contributed by atoms with Crippen LogP contribution in [0, 0.1) is 0 Å². The molecule has 0 aliphatic heterocycles. The number of aromatic nitrogens is 1. The lowest BCUT2D eigenvalue weighted by Crippen LogP contribution is -2.02. The summed E-state index contributed by atoms with van der Waals surface area (Å²) in [4.78, 5) is 4.33. The fourth-order valence-corrected chi connectivity index (χ4v) is 2.51. The molecule has 0 unspecified atom stereocenters. The van der Waals surface area contributed by atoms with Crippen LogP contribution in [0.1, 0.15) is 6.42 Å². The van der Waals surface area contributed by atoms with Crippen LogP contribution in [0.25, 0.3) is 0 Å². The number of pyridine rings is 1. The zero-order valence-corrected chi connectivity index (χ0v) is 12.4. The van der Waals surface area contributed by atoms with Gasteiger partial charge in [-0.25, -0.2) is 4.98 Å². The number of nitrogens with one attached hydrogen (secondary N) is 1. The molecule has 0 bridgehead atoms. The molecule has 2 rings (SSSR count). The van der Waals surface area contributed by atoms with Gasteiger partial charge in [-0.05, 0) is 46.6 Å². The Labute approximate surface area is 120 Å². The molecule has 0 fully saturated rings. The highest BCUT2D eigenvalue weighted by molar-refractivity contribution is 9.10. The largest absolute Gasteiger partial charge is 0.385 e. The van der Waals surface area contributed by atoms with Gasteiger partial charge in [-0.3, -0.25) is 0 Å². The summed E-state index contributed by atoms with van der Waals surface area (Å²) in [7, 11) is 0. The lowest BCUT2D eigenvalue weighted by atomic mass is 10.3. The lowest BCUT2D eigenvalue weighted by molar-refractivity contribution is 0.987. The molecule has 0 aliphatic carbocycles. The highest BCUT2D eigenvalue weighted by atomic mass is 79.9. The van der Waals surface area contributed by atoms with Crippen LogP contribution >= 0.6 is 27.7 Å². The summed E-state index contributed by atoms with van der Waals surface area (Å²) < 4.78 is 1.03. The van der Waals surface area contributed by atoms with Crippen LogP contribution in [0.5, 0.6) is 0 Å². The number of hydrogen-bond acceptors (Lipinski definition) is 3. The Kier molecular flexibility index (Phi) is 5.55. The van der Waals surface area contributed by atoms with Crippen LogP contribution in [-0.2, 0) is 0 Å². The first-order valence-corrected chi connectivity index (χ1v) is 7.66. The van der Waals surface area contributed by atoms with Crippen molar-refractivity contribution >= 4 is 33.4 Å². The predicted octanol–water partition coefficient (Wildman–Crippen LogP) is 4.44. The Hall–Kier alpha value is -1.00. The summed E-state index contributed by atoms with van der Waals surface area (Å²) in [6, 6.07) is 14.4. The summed E-state index contributed by atoms with van der Waals surface area (Å²) in [5.41, 5.74) is 1.18. The van der Waals surface area contributed by atoms with E-state index in [0.717, 1.165) is 28.2 Å². The zero-order valence-electron chi connectivity index (χ0n) is 9.97. The Bertz CT molecular complexity index is 459. The third kappa shape index (κ3) is 4.70. The summed E-state index contributed by atoms with van der Waals surface area (Å²) in [6.07, 6.45) is 2.96. The molecular weight excluding hydrogens is 308 g/mol. The fourth-order valence-electron chi connectivity index (χ4n) is 1.49. The normalized spacial score (nSPS) is 10.3. The number of halogens is 1. The van der Waals surface area contributed by atoms with Gasteiger partial charge in [0.2, 0.25) is 0 Å². The molecule has 18 heavy (non-hydrogen) atoms. The first-order chi connectivity index (χ1) is 8.84. The predicted molar refractivity (Wildman–Crippen MR) is 82.2 cm³/mol.